The van der Waals surface area contributed by atoms with E-state index < -0.39 is 0 Å². The quantitative estimate of drug-likeness (QED) is 0.823. The van der Waals surface area contributed by atoms with Gasteiger partial charge in [0.2, 0.25) is 0 Å². The van der Waals surface area contributed by atoms with Crippen molar-refractivity contribution in [2.75, 3.05) is 26.2 Å². The van der Waals surface area contributed by atoms with E-state index in [0.717, 1.165) is 50.4 Å². The van der Waals surface area contributed by atoms with Crippen LogP contribution in [0.2, 0.25) is 0 Å². The lowest BCUT2D eigenvalue weighted by molar-refractivity contribution is 0.162. The molecule has 0 radical (unpaired) electrons. The maximum Gasteiger partial charge on any atom is 0.266 e. The molecule has 0 aromatic carbocycles. The average Bonchev–Trinajstić information content (AvgIpc) is 2.78. The first-order valence-electron chi connectivity index (χ1n) is 7.05. The monoisotopic (exact) mass is 262 g/mol. The van der Waals surface area contributed by atoms with Crippen molar-refractivity contribution in [3.05, 3.63) is 27.7 Å². The Morgan fingerprint density at radius 2 is 2.37 bits per heavy atom. The second-order valence-electron chi connectivity index (χ2n) is 6.28. The van der Waals surface area contributed by atoms with Gasteiger partial charge in [0.1, 0.15) is 0 Å². The van der Waals surface area contributed by atoms with E-state index in [2.05, 4.69) is 22.2 Å². The molecule has 2 aliphatic heterocycles. The summed E-state index contributed by atoms with van der Waals surface area (Å²) < 4.78 is 1.44. The molecule has 3 heterocycles. The van der Waals surface area contributed by atoms with Crippen molar-refractivity contribution in [1.29, 1.82) is 0 Å². The third-order valence-electron chi connectivity index (χ3n) is 4.38. The van der Waals surface area contributed by atoms with Crippen LogP contribution in [0.4, 0.5) is 0 Å². The zero-order chi connectivity index (χ0) is 13.5. The van der Waals surface area contributed by atoms with Gasteiger partial charge in [0.05, 0.1) is 5.69 Å². The summed E-state index contributed by atoms with van der Waals surface area (Å²) in [5, 5.41) is 7.81. The Morgan fingerprint density at radius 3 is 3.11 bits per heavy atom. The van der Waals surface area contributed by atoms with Gasteiger partial charge in [-0.2, -0.15) is 5.10 Å². The minimum absolute atomic E-state index is 0.00524. The van der Waals surface area contributed by atoms with E-state index in [1.807, 2.05) is 0 Å². The number of rotatable bonds is 2. The molecule has 2 aliphatic rings. The first-order valence-corrected chi connectivity index (χ1v) is 7.05. The predicted molar refractivity (Wildman–Crippen MR) is 74.1 cm³/mol. The van der Waals surface area contributed by atoms with Crippen molar-refractivity contribution in [3.63, 3.8) is 0 Å². The van der Waals surface area contributed by atoms with E-state index in [0.29, 0.717) is 5.41 Å². The van der Waals surface area contributed by atoms with Crippen molar-refractivity contribution in [2.24, 2.45) is 12.5 Å². The number of aryl methyl sites for hydroxylation is 1. The highest BCUT2D eigenvalue weighted by atomic mass is 16.1. The lowest BCUT2D eigenvalue weighted by Crippen LogP contribution is -2.41. The Kier molecular flexibility index (Phi) is 3.19. The molecule has 1 N–H and O–H groups in total. The zero-order valence-corrected chi connectivity index (χ0v) is 11.8. The van der Waals surface area contributed by atoms with Crippen molar-refractivity contribution in [3.8, 4) is 0 Å². The topological polar surface area (TPSA) is 50.2 Å². The Labute approximate surface area is 113 Å². The fourth-order valence-electron chi connectivity index (χ4n) is 3.23. The number of nitrogens with zero attached hydrogens (tertiary/aromatic N) is 3. The molecule has 19 heavy (non-hydrogen) atoms. The Bertz CT molecular complexity index is 531. The molecular formula is C14H22N4O. The van der Waals surface area contributed by atoms with Crippen LogP contribution >= 0.6 is 0 Å². The molecule has 1 aromatic rings. The lowest BCUT2D eigenvalue weighted by atomic mass is 9.88. The fourth-order valence-corrected chi connectivity index (χ4v) is 3.23. The van der Waals surface area contributed by atoms with Crippen LogP contribution in [0.25, 0.3) is 0 Å². The van der Waals surface area contributed by atoms with Crippen LogP contribution < -0.4 is 10.9 Å². The number of nitrogens with one attached hydrogen (secondary N) is 1. The standard InChI is InChI=1S/C14H22N4O/c1-14(4-5-15-9-14)10-18-6-3-12-11(8-18)7-13(19)17(2)16-12/h7,15H,3-6,8-10H2,1-2H3. The summed E-state index contributed by atoms with van der Waals surface area (Å²) >= 11 is 0. The van der Waals surface area contributed by atoms with Gasteiger partial charge < -0.3 is 5.32 Å². The molecule has 1 aromatic heterocycles. The van der Waals surface area contributed by atoms with Gasteiger partial charge in [-0.3, -0.25) is 9.69 Å². The maximum atomic E-state index is 11.7. The van der Waals surface area contributed by atoms with E-state index in [9.17, 15) is 4.79 Å². The Hall–Kier alpha value is -1.20. The van der Waals surface area contributed by atoms with E-state index in [-0.39, 0.29) is 5.56 Å². The van der Waals surface area contributed by atoms with E-state index in [1.165, 1.54) is 11.1 Å². The van der Waals surface area contributed by atoms with Crippen LogP contribution in [0.15, 0.2) is 10.9 Å². The second kappa shape index (κ2) is 4.72. The van der Waals surface area contributed by atoms with Crippen molar-refractivity contribution >= 4 is 0 Å². The number of hydrogen-bond donors (Lipinski definition) is 1. The summed E-state index contributed by atoms with van der Waals surface area (Å²) in [6.07, 6.45) is 2.19. The molecule has 0 aliphatic carbocycles. The van der Waals surface area contributed by atoms with E-state index in [1.54, 1.807) is 13.1 Å². The largest absolute Gasteiger partial charge is 0.316 e. The van der Waals surface area contributed by atoms with Gasteiger partial charge in [0.15, 0.2) is 0 Å². The highest BCUT2D eigenvalue weighted by Gasteiger charge is 2.32. The molecule has 1 fully saturated rings. The van der Waals surface area contributed by atoms with Crippen molar-refractivity contribution < 1.29 is 0 Å². The molecule has 1 unspecified atom stereocenters. The summed E-state index contributed by atoms with van der Waals surface area (Å²) in [6.45, 7) is 7.61. The van der Waals surface area contributed by atoms with E-state index in [4.69, 9.17) is 0 Å². The summed E-state index contributed by atoms with van der Waals surface area (Å²) in [6, 6.07) is 1.75. The van der Waals surface area contributed by atoms with Crippen LogP contribution in [0.1, 0.15) is 24.6 Å². The number of hydrogen-bond acceptors (Lipinski definition) is 4. The molecule has 5 nitrogen and oxygen atoms in total. The van der Waals surface area contributed by atoms with Crippen LogP contribution in [-0.2, 0) is 20.0 Å². The molecule has 0 bridgehead atoms. The Morgan fingerprint density at radius 1 is 1.53 bits per heavy atom. The number of aromatic nitrogens is 2. The SMILES string of the molecule is Cn1nc2c(cc1=O)CN(CC1(C)CCNC1)CC2. The van der Waals surface area contributed by atoms with Crippen molar-refractivity contribution in [2.45, 2.75) is 26.3 Å². The van der Waals surface area contributed by atoms with E-state index >= 15 is 0 Å². The van der Waals surface area contributed by atoms with Crippen LogP contribution in [0, 0.1) is 5.41 Å². The smallest absolute Gasteiger partial charge is 0.266 e. The molecule has 0 amide bonds. The van der Waals surface area contributed by atoms with Crippen LogP contribution in [0.3, 0.4) is 0 Å². The van der Waals surface area contributed by atoms with Gasteiger partial charge in [-0.15, -0.1) is 0 Å². The molecule has 0 saturated carbocycles. The summed E-state index contributed by atoms with van der Waals surface area (Å²) in [5.74, 6) is 0. The third kappa shape index (κ3) is 2.58. The molecule has 1 atom stereocenters. The maximum absolute atomic E-state index is 11.7. The summed E-state index contributed by atoms with van der Waals surface area (Å²) in [7, 11) is 1.72. The number of fused-ring (bicyclic) bond motifs is 1. The summed E-state index contributed by atoms with van der Waals surface area (Å²) in [4.78, 5) is 14.1. The zero-order valence-electron chi connectivity index (χ0n) is 11.8. The molecule has 3 rings (SSSR count). The normalized spacial score (nSPS) is 27.5. The minimum atomic E-state index is -0.00524. The van der Waals surface area contributed by atoms with Crippen LogP contribution in [0.5, 0.6) is 0 Å². The van der Waals surface area contributed by atoms with Gasteiger partial charge in [-0.1, -0.05) is 6.92 Å². The Balaban J connectivity index is 1.75. The summed E-state index contributed by atoms with van der Waals surface area (Å²) in [5.41, 5.74) is 2.58. The molecule has 1 saturated heterocycles. The molecule has 0 spiro atoms. The fraction of sp³-hybridized carbons (Fsp3) is 0.714. The van der Waals surface area contributed by atoms with Crippen molar-refractivity contribution in [1.82, 2.24) is 20.0 Å². The predicted octanol–water partition coefficient (Wildman–Crippen LogP) is 0.138. The molecule has 104 valence electrons. The van der Waals surface area contributed by atoms with Gasteiger partial charge in [0, 0.05) is 45.7 Å². The molecular weight excluding hydrogens is 240 g/mol. The first-order chi connectivity index (χ1) is 9.06. The first kappa shape index (κ1) is 12.8. The highest BCUT2D eigenvalue weighted by Crippen LogP contribution is 2.27. The van der Waals surface area contributed by atoms with Gasteiger partial charge >= 0.3 is 0 Å². The highest BCUT2D eigenvalue weighted by molar-refractivity contribution is 5.20. The molecule has 5 heteroatoms. The lowest BCUT2D eigenvalue weighted by Gasteiger charge is -2.34. The van der Waals surface area contributed by atoms with Gasteiger partial charge in [-0.05, 0) is 23.9 Å². The van der Waals surface area contributed by atoms with Gasteiger partial charge in [0.25, 0.3) is 5.56 Å². The average molecular weight is 262 g/mol. The van der Waals surface area contributed by atoms with Gasteiger partial charge in [-0.25, -0.2) is 4.68 Å². The van der Waals surface area contributed by atoms with Crippen LogP contribution in [-0.4, -0.2) is 40.9 Å². The third-order valence-corrected chi connectivity index (χ3v) is 4.38. The minimum Gasteiger partial charge on any atom is -0.316 e. The second-order valence-corrected chi connectivity index (χ2v) is 6.28.